The summed E-state index contributed by atoms with van der Waals surface area (Å²) in [7, 11) is 1.70. The molecule has 0 saturated carbocycles. The lowest BCUT2D eigenvalue weighted by molar-refractivity contribution is -0.129. The second-order valence-corrected chi connectivity index (χ2v) is 7.35. The third-order valence-electron chi connectivity index (χ3n) is 4.95. The van der Waals surface area contributed by atoms with Crippen LogP contribution in [-0.2, 0) is 11.8 Å². The number of benzene rings is 1. The predicted molar refractivity (Wildman–Crippen MR) is 118 cm³/mol. The van der Waals surface area contributed by atoms with Crippen LogP contribution in [0.5, 0.6) is 0 Å². The summed E-state index contributed by atoms with van der Waals surface area (Å²) in [6, 6.07) is 9.06. The van der Waals surface area contributed by atoms with Gasteiger partial charge in [0.2, 0.25) is 11.9 Å². The molecule has 0 saturated heterocycles. The van der Waals surface area contributed by atoms with Gasteiger partial charge in [0.05, 0.1) is 11.1 Å². The molecule has 0 spiro atoms. The summed E-state index contributed by atoms with van der Waals surface area (Å²) in [6.07, 6.45) is 6.58. The normalized spacial score (nSPS) is 10.7. The molecule has 2 aromatic heterocycles. The van der Waals surface area contributed by atoms with Crippen molar-refractivity contribution in [2.45, 2.75) is 32.1 Å². The third kappa shape index (κ3) is 5.88. The maximum absolute atomic E-state index is 12.8. The number of anilines is 1. The largest absolute Gasteiger partial charge is 0.351 e. The Bertz CT molecular complexity index is 1110. The highest BCUT2D eigenvalue weighted by molar-refractivity contribution is 6.11. The first-order valence-corrected chi connectivity index (χ1v) is 10.4. The van der Waals surface area contributed by atoms with Crippen LogP contribution in [0.2, 0.25) is 0 Å². The van der Waals surface area contributed by atoms with Crippen LogP contribution in [0.1, 0.15) is 53.0 Å². The van der Waals surface area contributed by atoms with Gasteiger partial charge in [0.1, 0.15) is 5.69 Å². The molecule has 0 unspecified atom stereocenters. The number of carbonyl (C=O) groups excluding carboxylic acids is 3. The highest BCUT2D eigenvalue weighted by atomic mass is 16.5. The van der Waals surface area contributed by atoms with Crippen molar-refractivity contribution >= 4 is 34.6 Å². The zero-order valence-electron chi connectivity index (χ0n) is 17.8. The van der Waals surface area contributed by atoms with Crippen molar-refractivity contribution in [1.82, 2.24) is 25.3 Å². The molecule has 3 aromatic rings. The van der Waals surface area contributed by atoms with Gasteiger partial charge in [0.15, 0.2) is 0 Å². The van der Waals surface area contributed by atoms with Crippen molar-refractivity contribution in [1.29, 1.82) is 0 Å². The van der Waals surface area contributed by atoms with Gasteiger partial charge in [-0.25, -0.2) is 10.5 Å². The highest BCUT2D eigenvalue weighted by Crippen LogP contribution is 2.17. The van der Waals surface area contributed by atoms with E-state index in [1.54, 1.807) is 41.6 Å². The summed E-state index contributed by atoms with van der Waals surface area (Å²) >= 11 is 0. The number of aryl methyl sites for hydroxylation is 1. The number of rotatable bonds is 10. The molecule has 4 N–H and O–H groups in total. The van der Waals surface area contributed by atoms with Crippen molar-refractivity contribution in [3.63, 3.8) is 0 Å². The fourth-order valence-corrected chi connectivity index (χ4v) is 3.26. The average Bonchev–Trinajstić information content (AvgIpc) is 3.17. The molecule has 0 aliphatic carbocycles. The van der Waals surface area contributed by atoms with E-state index >= 15 is 0 Å². The van der Waals surface area contributed by atoms with Crippen molar-refractivity contribution < 1.29 is 19.6 Å². The van der Waals surface area contributed by atoms with E-state index in [1.807, 2.05) is 18.2 Å². The van der Waals surface area contributed by atoms with E-state index in [1.165, 1.54) is 0 Å². The van der Waals surface area contributed by atoms with Crippen LogP contribution in [0.3, 0.4) is 0 Å². The number of pyridine rings is 1. The fraction of sp³-hybridized carbons (Fsp3) is 0.318. The van der Waals surface area contributed by atoms with Crippen molar-refractivity contribution in [3.8, 4) is 0 Å². The summed E-state index contributed by atoms with van der Waals surface area (Å²) in [5, 5.41) is 14.8. The molecule has 0 atom stereocenters. The lowest BCUT2D eigenvalue weighted by Crippen LogP contribution is -2.24. The van der Waals surface area contributed by atoms with E-state index in [9.17, 15) is 14.4 Å². The van der Waals surface area contributed by atoms with Crippen LogP contribution >= 0.6 is 0 Å². The van der Waals surface area contributed by atoms with Crippen LogP contribution in [-0.4, -0.2) is 44.0 Å². The lowest BCUT2D eigenvalue weighted by atomic mass is 10.1. The number of amides is 3. The second-order valence-electron chi connectivity index (χ2n) is 7.35. The Balaban J connectivity index is 1.51. The molecule has 0 aliphatic rings. The molecule has 2 heterocycles. The highest BCUT2D eigenvalue weighted by Gasteiger charge is 2.17. The molecule has 10 nitrogen and oxygen atoms in total. The summed E-state index contributed by atoms with van der Waals surface area (Å²) in [6.45, 7) is 0.477. The Morgan fingerprint density at radius 3 is 2.62 bits per heavy atom. The Kier molecular flexibility index (Phi) is 7.87. The zero-order chi connectivity index (χ0) is 22.9. The van der Waals surface area contributed by atoms with Crippen LogP contribution in [0.15, 0.2) is 42.7 Å². The topological polar surface area (TPSA) is 138 Å². The molecule has 168 valence electrons. The number of para-hydroxylation sites is 1. The first-order valence-electron chi connectivity index (χ1n) is 10.4. The molecule has 0 radical (unpaired) electrons. The number of hydroxylamine groups is 1. The zero-order valence-corrected chi connectivity index (χ0v) is 17.8. The van der Waals surface area contributed by atoms with E-state index in [0.717, 1.165) is 24.6 Å². The Morgan fingerprint density at radius 2 is 1.81 bits per heavy atom. The monoisotopic (exact) mass is 438 g/mol. The number of nitrogens with one attached hydrogen (secondary N) is 3. The average molecular weight is 438 g/mol. The van der Waals surface area contributed by atoms with Crippen LogP contribution in [0.4, 0.5) is 5.95 Å². The van der Waals surface area contributed by atoms with Crippen molar-refractivity contribution in [3.05, 3.63) is 54.0 Å². The maximum atomic E-state index is 12.8. The number of fused-ring (bicyclic) bond motifs is 1. The molecular weight excluding hydrogens is 412 g/mol. The van der Waals surface area contributed by atoms with Crippen LogP contribution < -0.4 is 16.1 Å². The van der Waals surface area contributed by atoms with Crippen LogP contribution in [0.25, 0.3) is 10.9 Å². The fourth-order valence-electron chi connectivity index (χ4n) is 3.26. The maximum Gasteiger partial charge on any atom is 0.271 e. The minimum Gasteiger partial charge on any atom is -0.351 e. The van der Waals surface area contributed by atoms with E-state index in [-0.39, 0.29) is 29.9 Å². The van der Waals surface area contributed by atoms with E-state index in [2.05, 4.69) is 20.6 Å². The van der Waals surface area contributed by atoms with Crippen molar-refractivity contribution in [2.24, 2.45) is 7.05 Å². The van der Waals surface area contributed by atoms with Gasteiger partial charge in [-0.1, -0.05) is 31.0 Å². The minimum absolute atomic E-state index is 0.207. The molecule has 0 bridgehead atoms. The number of unbranched alkanes of at least 4 members (excludes halogenated alkanes) is 3. The number of aromatic nitrogens is 3. The van der Waals surface area contributed by atoms with Gasteiger partial charge in [-0.15, -0.1) is 0 Å². The summed E-state index contributed by atoms with van der Waals surface area (Å²) in [4.78, 5) is 44.6. The SMILES string of the molecule is Cn1cc(C(=O)NCCCCCCC(=O)NO)nc1NC(=O)c1cccc2cccnc12. The summed E-state index contributed by atoms with van der Waals surface area (Å²) in [5.74, 6) is -0.819. The number of hydrogen-bond donors (Lipinski definition) is 4. The smallest absolute Gasteiger partial charge is 0.271 e. The third-order valence-corrected chi connectivity index (χ3v) is 4.95. The van der Waals surface area contributed by atoms with Crippen LogP contribution in [0, 0.1) is 0 Å². The molecule has 3 amide bonds. The lowest BCUT2D eigenvalue weighted by Gasteiger charge is -2.07. The summed E-state index contributed by atoms with van der Waals surface area (Å²) < 4.78 is 1.58. The Labute approximate surface area is 185 Å². The van der Waals surface area contributed by atoms with E-state index in [4.69, 9.17) is 5.21 Å². The summed E-state index contributed by atoms with van der Waals surface area (Å²) in [5.41, 5.74) is 2.83. The van der Waals surface area contributed by atoms with Gasteiger partial charge in [0, 0.05) is 37.8 Å². The van der Waals surface area contributed by atoms with Gasteiger partial charge in [0.25, 0.3) is 11.8 Å². The second kappa shape index (κ2) is 11.0. The van der Waals surface area contributed by atoms with Gasteiger partial charge >= 0.3 is 0 Å². The Hall–Kier alpha value is -3.79. The molecule has 0 fully saturated rings. The number of nitrogens with zero attached hydrogens (tertiary/aromatic N) is 3. The van der Waals surface area contributed by atoms with E-state index < -0.39 is 5.91 Å². The predicted octanol–water partition coefficient (Wildman–Crippen LogP) is 2.41. The molecule has 3 rings (SSSR count). The van der Waals surface area contributed by atoms with Gasteiger partial charge in [-0.3, -0.25) is 29.9 Å². The van der Waals surface area contributed by atoms with E-state index in [0.29, 0.717) is 24.0 Å². The molecule has 1 aromatic carbocycles. The molecule has 32 heavy (non-hydrogen) atoms. The van der Waals surface area contributed by atoms with Gasteiger partial charge in [-0.05, 0) is 25.0 Å². The van der Waals surface area contributed by atoms with Gasteiger partial charge in [-0.2, -0.15) is 0 Å². The quantitative estimate of drug-likeness (QED) is 0.218. The number of hydrogen-bond acceptors (Lipinski definition) is 6. The molecule has 0 aliphatic heterocycles. The molecule has 10 heteroatoms. The number of carbonyl (C=O) groups is 3. The first-order chi connectivity index (χ1) is 15.5. The molecular formula is C22H26N6O4. The van der Waals surface area contributed by atoms with Crippen molar-refractivity contribution in [2.75, 3.05) is 11.9 Å². The Morgan fingerprint density at radius 1 is 1.03 bits per heavy atom. The van der Waals surface area contributed by atoms with Gasteiger partial charge < -0.3 is 9.88 Å². The standard InChI is InChI=1S/C22H26N6O4/c1-28-14-17(21(31)24-12-5-3-2-4-11-18(29)27-32)25-22(28)26-20(30)16-10-6-8-15-9-7-13-23-19(15)16/h6-10,13-14,32H,2-5,11-12H2,1H3,(H,24,31)(H,27,29)(H,25,26,30). The first kappa shape index (κ1) is 22.9. The minimum atomic E-state index is -0.395. The number of imidazole rings is 1.